The molecular weight excluding hydrogens is 323 g/mol. The lowest BCUT2D eigenvalue weighted by Crippen LogP contribution is -2.17. The van der Waals surface area contributed by atoms with Crippen molar-refractivity contribution in [3.05, 3.63) is 50.0 Å². The first kappa shape index (κ1) is 15.9. The fourth-order valence-electron chi connectivity index (χ4n) is 1.74. The van der Waals surface area contributed by atoms with E-state index in [-0.39, 0.29) is 16.9 Å². The van der Waals surface area contributed by atoms with Crippen molar-refractivity contribution >= 4 is 28.6 Å². The van der Waals surface area contributed by atoms with E-state index in [2.05, 4.69) is 10.3 Å². The van der Waals surface area contributed by atoms with Gasteiger partial charge >= 0.3 is 6.18 Å². The molecule has 116 valence electrons. The number of aryl methyl sites for hydroxylation is 1. The normalized spacial score (nSPS) is 11.3. The van der Waals surface area contributed by atoms with Crippen LogP contribution in [0.15, 0.2) is 23.7 Å². The van der Waals surface area contributed by atoms with Gasteiger partial charge in [0.05, 0.1) is 10.4 Å². The molecule has 0 spiro atoms. The second-order valence-electron chi connectivity index (χ2n) is 4.24. The third-order valence-electron chi connectivity index (χ3n) is 2.69. The standard InChI is InChI=1S/C12H8F3N3O3S/c1-6-4-7(2-3-8(6)18(20)21)17-11(19)9-10(12(13,14)15)16-5-22-9/h2-5H,1H3,(H,17,19). The molecule has 0 fully saturated rings. The van der Waals surface area contributed by atoms with E-state index in [9.17, 15) is 28.1 Å². The average molecular weight is 331 g/mol. The summed E-state index contributed by atoms with van der Waals surface area (Å²) in [5, 5.41) is 13.0. The lowest BCUT2D eigenvalue weighted by Gasteiger charge is -2.08. The Balaban J connectivity index is 2.25. The van der Waals surface area contributed by atoms with Crippen LogP contribution in [0.3, 0.4) is 0 Å². The van der Waals surface area contributed by atoms with Crippen molar-refractivity contribution in [1.82, 2.24) is 4.98 Å². The molecule has 0 saturated carbocycles. The molecule has 1 amide bonds. The maximum Gasteiger partial charge on any atom is 0.434 e. The highest BCUT2D eigenvalue weighted by Gasteiger charge is 2.38. The maximum atomic E-state index is 12.7. The Kier molecular flexibility index (Phi) is 4.13. The summed E-state index contributed by atoms with van der Waals surface area (Å²) in [4.78, 5) is 24.6. The Bertz CT molecular complexity index is 743. The lowest BCUT2D eigenvalue weighted by molar-refractivity contribution is -0.385. The zero-order valence-corrected chi connectivity index (χ0v) is 11.8. The van der Waals surface area contributed by atoms with E-state index in [4.69, 9.17) is 0 Å². The summed E-state index contributed by atoms with van der Waals surface area (Å²) in [5.41, 5.74) is -0.0306. The van der Waals surface area contributed by atoms with Crippen molar-refractivity contribution < 1.29 is 22.9 Å². The van der Waals surface area contributed by atoms with Gasteiger partial charge in [0, 0.05) is 17.3 Å². The third-order valence-corrected chi connectivity index (χ3v) is 3.52. The van der Waals surface area contributed by atoms with Gasteiger partial charge in [-0.1, -0.05) is 0 Å². The molecule has 0 atom stereocenters. The Hall–Kier alpha value is -2.49. The third kappa shape index (κ3) is 3.22. The molecule has 0 aliphatic rings. The number of nitro groups is 1. The molecule has 1 N–H and O–H groups in total. The molecule has 0 saturated heterocycles. The molecule has 6 nitrogen and oxygen atoms in total. The number of benzene rings is 1. The van der Waals surface area contributed by atoms with Crippen LogP contribution in [-0.2, 0) is 6.18 Å². The van der Waals surface area contributed by atoms with Crippen LogP contribution < -0.4 is 5.32 Å². The summed E-state index contributed by atoms with van der Waals surface area (Å²) in [6.45, 7) is 1.46. The van der Waals surface area contributed by atoms with Crippen LogP contribution in [-0.4, -0.2) is 15.8 Å². The summed E-state index contributed by atoms with van der Waals surface area (Å²) in [6.07, 6.45) is -4.72. The van der Waals surface area contributed by atoms with Crippen LogP contribution in [0.4, 0.5) is 24.5 Å². The lowest BCUT2D eigenvalue weighted by atomic mass is 10.2. The fraction of sp³-hybridized carbons (Fsp3) is 0.167. The quantitative estimate of drug-likeness (QED) is 0.687. The van der Waals surface area contributed by atoms with Crippen LogP contribution in [0.5, 0.6) is 0 Å². The number of nitro benzene ring substituents is 1. The number of anilines is 1. The minimum absolute atomic E-state index is 0.147. The predicted molar refractivity (Wildman–Crippen MR) is 72.9 cm³/mol. The molecule has 22 heavy (non-hydrogen) atoms. The summed E-state index contributed by atoms with van der Waals surface area (Å²) in [5.74, 6) is -0.969. The number of rotatable bonds is 3. The first-order chi connectivity index (χ1) is 10.2. The Morgan fingerprint density at radius 1 is 1.41 bits per heavy atom. The van der Waals surface area contributed by atoms with Crippen molar-refractivity contribution in [1.29, 1.82) is 0 Å². The number of nitrogens with zero attached hydrogens (tertiary/aromatic N) is 2. The molecule has 2 rings (SSSR count). The van der Waals surface area contributed by atoms with Gasteiger partial charge in [-0.2, -0.15) is 13.2 Å². The van der Waals surface area contributed by atoms with Gasteiger partial charge in [-0.3, -0.25) is 14.9 Å². The average Bonchev–Trinajstić information content (AvgIpc) is 2.87. The van der Waals surface area contributed by atoms with Crippen molar-refractivity contribution in [2.24, 2.45) is 0 Å². The van der Waals surface area contributed by atoms with E-state index in [0.29, 0.717) is 11.3 Å². The summed E-state index contributed by atoms with van der Waals surface area (Å²) >= 11 is 0.565. The second-order valence-corrected chi connectivity index (χ2v) is 5.10. The molecule has 10 heteroatoms. The zero-order chi connectivity index (χ0) is 16.5. The van der Waals surface area contributed by atoms with Crippen LogP contribution in [0, 0.1) is 17.0 Å². The molecular formula is C12H8F3N3O3S. The number of hydrogen-bond donors (Lipinski definition) is 1. The zero-order valence-electron chi connectivity index (χ0n) is 11.0. The molecule has 0 aliphatic carbocycles. The summed E-state index contributed by atoms with van der Waals surface area (Å²) in [6, 6.07) is 3.73. The van der Waals surface area contributed by atoms with Crippen LogP contribution in [0.25, 0.3) is 0 Å². The minimum atomic E-state index is -4.72. The minimum Gasteiger partial charge on any atom is -0.321 e. The van der Waals surface area contributed by atoms with Crippen molar-refractivity contribution in [3.8, 4) is 0 Å². The largest absolute Gasteiger partial charge is 0.434 e. The van der Waals surface area contributed by atoms with Crippen LogP contribution in [0.1, 0.15) is 20.9 Å². The van der Waals surface area contributed by atoms with E-state index in [0.717, 1.165) is 5.51 Å². The van der Waals surface area contributed by atoms with Crippen LogP contribution >= 0.6 is 11.3 Å². The van der Waals surface area contributed by atoms with E-state index in [1.807, 2.05) is 0 Å². The summed E-state index contributed by atoms with van der Waals surface area (Å²) in [7, 11) is 0. The molecule has 1 aromatic heterocycles. The first-order valence-corrected chi connectivity index (χ1v) is 6.65. The Labute approximate surface area is 125 Å². The van der Waals surface area contributed by atoms with Gasteiger partial charge in [-0.25, -0.2) is 4.98 Å². The van der Waals surface area contributed by atoms with E-state index in [1.165, 1.54) is 25.1 Å². The van der Waals surface area contributed by atoms with E-state index in [1.54, 1.807) is 0 Å². The van der Waals surface area contributed by atoms with Gasteiger partial charge < -0.3 is 5.32 Å². The topological polar surface area (TPSA) is 85.1 Å². The molecule has 2 aromatic rings. The second kappa shape index (κ2) is 5.72. The number of carbonyl (C=O) groups is 1. The van der Waals surface area contributed by atoms with Gasteiger partial charge in [0.1, 0.15) is 4.88 Å². The van der Waals surface area contributed by atoms with E-state index >= 15 is 0 Å². The van der Waals surface area contributed by atoms with Gasteiger partial charge in [0.15, 0.2) is 5.69 Å². The van der Waals surface area contributed by atoms with Gasteiger partial charge in [-0.05, 0) is 19.1 Å². The number of thiazole rings is 1. The van der Waals surface area contributed by atoms with Crippen molar-refractivity contribution in [2.75, 3.05) is 5.32 Å². The van der Waals surface area contributed by atoms with Crippen LogP contribution in [0.2, 0.25) is 0 Å². The number of aromatic nitrogens is 1. The molecule has 0 unspecified atom stereocenters. The molecule has 0 aliphatic heterocycles. The number of alkyl halides is 3. The van der Waals surface area contributed by atoms with Gasteiger partial charge in [-0.15, -0.1) is 11.3 Å². The van der Waals surface area contributed by atoms with Crippen molar-refractivity contribution in [3.63, 3.8) is 0 Å². The highest BCUT2D eigenvalue weighted by molar-refractivity contribution is 7.12. The smallest absolute Gasteiger partial charge is 0.321 e. The Morgan fingerprint density at radius 3 is 2.64 bits per heavy atom. The van der Waals surface area contributed by atoms with Gasteiger partial charge in [0.2, 0.25) is 0 Å². The van der Waals surface area contributed by atoms with E-state index < -0.39 is 27.6 Å². The highest BCUT2D eigenvalue weighted by atomic mass is 32.1. The maximum absolute atomic E-state index is 12.7. The highest BCUT2D eigenvalue weighted by Crippen LogP contribution is 2.33. The molecule has 0 bridgehead atoms. The number of amides is 1. The summed E-state index contributed by atoms with van der Waals surface area (Å²) < 4.78 is 38.0. The van der Waals surface area contributed by atoms with Gasteiger partial charge in [0.25, 0.3) is 11.6 Å². The number of halogens is 3. The first-order valence-electron chi connectivity index (χ1n) is 5.77. The number of carbonyl (C=O) groups excluding carboxylic acids is 1. The molecule has 0 radical (unpaired) electrons. The number of nitrogens with one attached hydrogen (secondary N) is 1. The SMILES string of the molecule is Cc1cc(NC(=O)c2scnc2C(F)(F)F)ccc1[N+](=O)[O-]. The number of hydrogen-bond acceptors (Lipinski definition) is 5. The predicted octanol–water partition coefficient (Wildman–Crippen LogP) is 3.63. The molecule has 1 aromatic carbocycles. The molecule has 1 heterocycles. The fourth-order valence-corrected chi connectivity index (χ4v) is 2.44. The Morgan fingerprint density at radius 2 is 2.09 bits per heavy atom. The monoisotopic (exact) mass is 331 g/mol. The van der Waals surface area contributed by atoms with Crippen molar-refractivity contribution in [2.45, 2.75) is 13.1 Å².